The third-order valence-corrected chi connectivity index (χ3v) is 3.56. The van der Waals surface area contributed by atoms with Gasteiger partial charge in [0, 0.05) is 12.6 Å². The van der Waals surface area contributed by atoms with Crippen molar-refractivity contribution in [3.8, 4) is 5.75 Å². The molecule has 1 atom stereocenters. The van der Waals surface area contributed by atoms with E-state index in [1.54, 1.807) is 0 Å². The van der Waals surface area contributed by atoms with Crippen LogP contribution in [0.4, 0.5) is 0 Å². The number of ether oxygens (including phenoxy) is 1. The summed E-state index contributed by atoms with van der Waals surface area (Å²) in [5.74, 6) is 0.954. The number of rotatable bonds is 6. The van der Waals surface area contributed by atoms with E-state index in [1.165, 1.54) is 12.0 Å². The van der Waals surface area contributed by atoms with Gasteiger partial charge in [0.05, 0.1) is 13.2 Å². The van der Waals surface area contributed by atoms with Crippen molar-refractivity contribution < 1.29 is 9.84 Å². The number of hydrogen-bond acceptors (Lipinski definition) is 3. The zero-order valence-electron chi connectivity index (χ0n) is 11.1. The SMILES string of the molecule is Cc1cccc(OCCCN2CCC[C@@H]2CO)c1. The molecule has 100 valence electrons. The van der Waals surface area contributed by atoms with E-state index in [0.717, 1.165) is 38.3 Å². The molecule has 1 aliphatic rings. The number of likely N-dealkylation sites (tertiary alicyclic amines) is 1. The summed E-state index contributed by atoms with van der Waals surface area (Å²) in [6.45, 7) is 5.26. The minimum atomic E-state index is 0.290. The Balaban J connectivity index is 1.67. The van der Waals surface area contributed by atoms with Crippen molar-refractivity contribution in [3.63, 3.8) is 0 Å². The normalized spacial score (nSPS) is 20.2. The highest BCUT2D eigenvalue weighted by molar-refractivity contribution is 5.27. The lowest BCUT2D eigenvalue weighted by molar-refractivity contribution is 0.150. The first-order valence-electron chi connectivity index (χ1n) is 6.84. The number of aryl methyl sites for hydroxylation is 1. The van der Waals surface area contributed by atoms with Crippen molar-refractivity contribution in [2.24, 2.45) is 0 Å². The van der Waals surface area contributed by atoms with Gasteiger partial charge in [-0.25, -0.2) is 0 Å². The number of hydrogen-bond donors (Lipinski definition) is 1. The van der Waals surface area contributed by atoms with E-state index in [1.807, 2.05) is 12.1 Å². The van der Waals surface area contributed by atoms with Crippen LogP contribution < -0.4 is 4.74 Å². The third kappa shape index (κ3) is 3.72. The molecule has 0 unspecified atom stereocenters. The Morgan fingerprint density at radius 2 is 2.33 bits per heavy atom. The number of aliphatic hydroxyl groups excluding tert-OH is 1. The summed E-state index contributed by atoms with van der Waals surface area (Å²) >= 11 is 0. The summed E-state index contributed by atoms with van der Waals surface area (Å²) in [7, 11) is 0. The van der Waals surface area contributed by atoms with Crippen LogP contribution in [0.25, 0.3) is 0 Å². The molecule has 1 aromatic carbocycles. The summed E-state index contributed by atoms with van der Waals surface area (Å²) in [4.78, 5) is 2.37. The van der Waals surface area contributed by atoms with Crippen LogP contribution in [0.5, 0.6) is 5.75 Å². The van der Waals surface area contributed by atoms with E-state index < -0.39 is 0 Å². The van der Waals surface area contributed by atoms with Crippen molar-refractivity contribution in [3.05, 3.63) is 29.8 Å². The molecule has 1 aliphatic heterocycles. The van der Waals surface area contributed by atoms with E-state index in [-0.39, 0.29) is 0 Å². The zero-order chi connectivity index (χ0) is 12.8. The average Bonchev–Trinajstić information content (AvgIpc) is 2.82. The fourth-order valence-corrected chi connectivity index (χ4v) is 2.56. The molecule has 0 amide bonds. The Hall–Kier alpha value is -1.06. The number of aliphatic hydroxyl groups is 1. The molecule has 1 N–H and O–H groups in total. The molecule has 0 aliphatic carbocycles. The lowest BCUT2D eigenvalue weighted by atomic mass is 10.2. The molecule has 18 heavy (non-hydrogen) atoms. The first kappa shape index (κ1) is 13.4. The van der Waals surface area contributed by atoms with Crippen LogP contribution in [-0.2, 0) is 0 Å². The van der Waals surface area contributed by atoms with Crippen LogP contribution in [-0.4, -0.2) is 42.4 Å². The largest absolute Gasteiger partial charge is 0.494 e. The van der Waals surface area contributed by atoms with Gasteiger partial charge in [0.2, 0.25) is 0 Å². The molecule has 0 saturated carbocycles. The molecule has 0 radical (unpaired) electrons. The molecule has 1 aromatic rings. The van der Waals surface area contributed by atoms with Crippen LogP contribution in [0, 0.1) is 6.92 Å². The quantitative estimate of drug-likeness (QED) is 0.785. The predicted octanol–water partition coefficient (Wildman–Crippen LogP) is 2.22. The highest BCUT2D eigenvalue weighted by Crippen LogP contribution is 2.17. The third-order valence-electron chi connectivity index (χ3n) is 3.56. The van der Waals surface area contributed by atoms with Gasteiger partial charge < -0.3 is 9.84 Å². The standard InChI is InChI=1S/C15H23NO2/c1-13-5-2-7-15(11-13)18-10-4-9-16-8-3-6-14(16)12-17/h2,5,7,11,14,17H,3-4,6,8-10,12H2,1H3/t14-/m1/s1. The molecule has 0 spiro atoms. The molecule has 0 aromatic heterocycles. The molecule has 3 heteroatoms. The van der Waals surface area contributed by atoms with Crippen molar-refractivity contribution in [2.75, 3.05) is 26.3 Å². The van der Waals surface area contributed by atoms with Crippen LogP contribution in [0.15, 0.2) is 24.3 Å². The van der Waals surface area contributed by atoms with Crippen LogP contribution in [0.2, 0.25) is 0 Å². The molecule has 1 saturated heterocycles. The van der Waals surface area contributed by atoms with Crippen molar-refractivity contribution in [1.82, 2.24) is 4.90 Å². The Labute approximate surface area is 109 Å². The smallest absolute Gasteiger partial charge is 0.119 e. The van der Waals surface area contributed by atoms with E-state index in [9.17, 15) is 5.11 Å². The average molecular weight is 249 g/mol. The molecule has 0 bridgehead atoms. The van der Waals surface area contributed by atoms with E-state index in [4.69, 9.17) is 4.74 Å². The summed E-state index contributed by atoms with van der Waals surface area (Å²) < 4.78 is 5.73. The molecule has 2 rings (SSSR count). The summed E-state index contributed by atoms with van der Waals surface area (Å²) in [5, 5.41) is 9.23. The molecule has 1 heterocycles. The van der Waals surface area contributed by atoms with Crippen molar-refractivity contribution >= 4 is 0 Å². The molecule has 3 nitrogen and oxygen atoms in total. The molecular formula is C15H23NO2. The Bertz CT molecular complexity index is 367. The monoisotopic (exact) mass is 249 g/mol. The maximum Gasteiger partial charge on any atom is 0.119 e. The highest BCUT2D eigenvalue weighted by atomic mass is 16.5. The Kier molecular flexibility index (Phi) is 5.02. The predicted molar refractivity (Wildman–Crippen MR) is 73.0 cm³/mol. The van der Waals surface area contributed by atoms with Gasteiger partial charge in [0.25, 0.3) is 0 Å². The van der Waals surface area contributed by atoms with Gasteiger partial charge >= 0.3 is 0 Å². The maximum atomic E-state index is 9.23. The van der Waals surface area contributed by atoms with Crippen LogP contribution >= 0.6 is 0 Å². The minimum absolute atomic E-state index is 0.290. The Morgan fingerprint density at radius 3 is 3.11 bits per heavy atom. The number of nitrogens with zero attached hydrogens (tertiary/aromatic N) is 1. The van der Waals surface area contributed by atoms with Crippen LogP contribution in [0.3, 0.4) is 0 Å². The van der Waals surface area contributed by atoms with Gasteiger partial charge in [-0.2, -0.15) is 0 Å². The van der Waals surface area contributed by atoms with Crippen molar-refractivity contribution in [1.29, 1.82) is 0 Å². The second kappa shape index (κ2) is 6.76. The zero-order valence-corrected chi connectivity index (χ0v) is 11.1. The second-order valence-electron chi connectivity index (χ2n) is 5.03. The fraction of sp³-hybridized carbons (Fsp3) is 0.600. The first-order chi connectivity index (χ1) is 8.79. The maximum absolute atomic E-state index is 9.23. The first-order valence-corrected chi connectivity index (χ1v) is 6.84. The minimum Gasteiger partial charge on any atom is -0.494 e. The van der Waals surface area contributed by atoms with Crippen molar-refractivity contribution in [2.45, 2.75) is 32.2 Å². The number of benzene rings is 1. The summed E-state index contributed by atoms with van der Waals surface area (Å²) in [6, 6.07) is 8.53. The summed E-state index contributed by atoms with van der Waals surface area (Å²) in [6.07, 6.45) is 3.36. The fourth-order valence-electron chi connectivity index (χ4n) is 2.56. The topological polar surface area (TPSA) is 32.7 Å². The second-order valence-corrected chi connectivity index (χ2v) is 5.03. The van der Waals surface area contributed by atoms with Gasteiger partial charge in [-0.1, -0.05) is 12.1 Å². The van der Waals surface area contributed by atoms with Crippen LogP contribution in [0.1, 0.15) is 24.8 Å². The van der Waals surface area contributed by atoms with Gasteiger partial charge in [0.1, 0.15) is 5.75 Å². The van der Waals surface area contributed by atoms with E-state index >= 15 is 0 Å². The van der Waals surface area contributed by atoms with Gasteiger partial charge in [-0.3, -0.25) is 4.90 Å². The van der Waals surface area contributed by atoms with Gasteiger partial charge in [-0.05, 0) is 50.4 Å². The lowest BCUT2D eigenvalue weighted by Gasteiger charge is -2.22. The van der Waals surface area contributed by atoms with Gasteiger partial charge in [-0.15, -0.1) is 0 Å². The lowest BCUT2D eigenvalue weighted by Crippen LogP contribution is -2.33. The molecule has 1 fully saturated rings. The van der Waals surface area contributed by atoms with E-state index in [0.29, 0.717) is 12.6 Å². The molecular weight excluding hydrogens is 226 g/mol. The highest BCUT2D eigenvalue weighted by Gasteiger charge is 2.22. The van der Waals surface area contributed by atoms with Gasteiger partial charge in [0.15, 0.2) is 0 Å². The Morgan fingerprint density at radius 1 is 1.44 bits per heavy atom. The van der Waals surface area contributed by atoms with E-state index in [2.05, 4.69) is 24.0 Å². The summed E-state index contributed by atoms with van der Waals surface area (Å²) in [5.41, 5.74) is 1.23.